The Morgan fingerprint density at radius 2 is 2.43 bits per heavy atom. The van der Waals surface area contributed by atoms with E-state index < -0.39 is 0 Å². The molecule has 0 saturated carbocycles. The fourth-order valence-electron chi connectivity index (χ4n) is 2.30. The molecule has 0 aromatic heterocycles. The smallest absolute Gasteiger partial charge is 0.309 e. The predicted molar refractivity (Wildman–Crippen MR) is 58.2 cm³/mol. The lowest BCUT2D eigenvalue weighted by molar-refractivity contribution is -0.150. The van der Waals surface area contributed by atoms with Crippen molar-refractivity contribution in [3.8, 4) is 0 Å². The van der Waals surface area contributed by atoms with Crippen LogP contribution in [0, 0.1) is 17.8 Å². The lowest BCUT2D eigenvalue weighted by Gasteiger charge is -2.27. The average molecular weight is 212 g/mol. The van der Waals surface area contributed by atoms with E-state index in [0.717, 1.165) is 12.2 Å². The van der Waals surface area contributed by atoms with Gasteiger partial charge in [0.1, 0.15) is 0 Å². The van der Waals surface area contributed by atoms with E-state index in [9.17, 15) is 4.79 Å². The van der Waals surface area contributed by atoms with Gasteiger partial charge in [0, 0.05) is 0 Å². The molecule has 1 heterocycles. The maximum atomic E-state index is 11.7. The molecule has 0 unspecified atom stereocenters. The molecule has 1 fully saturated rings. The highest BCUT2D eigenvalue weighted by Crippen LogP contribution is 2.40. The van der Waals surface area contributed by atoms with Crippen molar-refractivity contribution in [1.29, 1.82) is 0 Å². The highest BCUT2D eigenvalue weighted by Gasteiger charge is 2.38. The van der Waals surface area contributed by atoms with E-state index in [1.165, 1.54) is 5.75 Å². The van der Waals surface area contributed by atoms with Gasteiger partial charge in [-0.05, 0) is 36.7 Å². The number of carbonyl (C=O) groups excluding carboxylic acids is 1. The van der Waals surface area contributed by atoms with Crippen molar-refractivity contribution in [2.75, 3.05) is 18.1 Å². The van der Waals surface area contributed by atoms with E-state index >= 15 is 0 Å². The quantitative estimate of drug-likeness (QED) is 0.518. The highest BCUT2D eigenvalue weighted by atomic mass is 32.2. The monoisotopic (exact) mass is 212 g/mol. The van der Waals surface area contributed by atoms with E-state index in [-0.39, 0.29) is 11.9 Å². The molecule has 0 amide bonds. The number of rotatable bonds is 2. The summed E-state index contributed by atoms with van der Waals surface area (Å²) in [6.07, 6.45) is 5.30. The molecule has 2 rings (SSSR count). The Morgan fingerprint density at radius 3 is 3.21 bits per heavy atom. The van der Waals surface area contributed by atoms with Gasteiger partial charge in [-0.15, -0.1) is 0 Å². The van der Waals surface area contributed by atoms with E-state index in [1.807, 2.05) is 18.7 Å². The Labute approximate surface area is 89.1 Å². The first-order valence-electron chi connectivity index (χ1n) is 5.24. The first-order chi connectivity index (χ1) is 6.83. The van der Waals surface area contributed by atoms with Crippen LogP contribution in [0.3, 0.4) is 0 Å². The second-order valence-corrected chi connectivity index (χ2v) is 4.96. The molecule has 3 atom stereocenters. The zero-order valence-corrected chi connectivity index (χ0v) is 9.26. The molecule has 0 spiro atoms. The molecule has 0 aromatic carbocycles. The van der Waals surface area contributed by atoms with Crippen LogP contribution in [0.15, 0.2) is 12.2 Å². The SMILES string of the molecule is CCOC(=O)[C@H]1CC=C[C@H]2CSC[C@@H]12. The number of ether oxygens (including phenoxy) is 1. The second kappa shape index (κ2) is 4.39. The number of hydrogen-bond donors (Lipinski definition) is 0. The Hall–Kier alpha value is -0.440. The van der Waals surface area contributed by atoms with Gasteiger partial charge in [0.15, 0.2) is 0 Å². The van der Waals surface area contributed by atoms with E-state index in [1.54, 1.807) is 0 Å². The lowest BCUT2D eigenvalue weighted by Crippen LogP contribution is -2.31. The molecular weight excluding hydrogens is 196 g/mol. The van der Waals surface area contributed by atoms with Gasteiger partial charge in [0.2, 0.25) is 0 Å². The van der Waals surface area contributed by atoms with Crippen LogP contribution in [0.4, 0.5) is 0 Å². The minimum absolute atomic E-state index is 0.00866. The van der Waals surface area contributed by atoms with Gasteiger partial charge in [-0.25, -0.2) is 0 Å². The van der Waals surface area contributed by atoms with Gasteiger partial charge < -0.3 is 4.74 Å². The van der Waals surface area contributed by atoms with Gasteiger partial charge in [-0.2, -0.15) is 11.8 Å². The third kappa shape index (κ3) is 1.83. The van der Waals surface area contributed by atoms with Gasteiger partial charge >= 0.3 is 5.97 Å². The van der Waals surface area contributed by atoms with Crippen LogP contribution in [-0.4, -0.2) is 24.1 Å². The summed E-state index contributed by atoms with van der Waals surface area (Å²) in [6.45, 7) is 2.38. The predicted octanol–water partition coefficient (Wildman–Crippen LogP) is 2.10. The standard InChI is InChI=1S/C11H16O2S/c1-2-13-11(12)9-5-3-4-8-6-14-7-10(8)9/h3-4,8-10H,2,5-7H2,1H3/t8-,9-,10+/m0/s1. The Balaban J connectivity index is 2.04. The molecule has 0 N–H and O–H groups in total. The Morgan fingerprint density at radius 1 is 1.57 bits per heavy atom. The first-order valence-corrected chi connectivity index (χ1v) is 6.39. The highest BCUT2D eigenvalue weighted by molar-refractivity contribution is 7.99. The van der Waals surface area contributed by atoms with Crippen LogP contribution in [0.5, 0.6) is 0 Å². The summed E-state index contributed by atoms with van der Waals surface area (Å²) >= 11 is 1.96. The third-order valence-corrected chi connectivity index (χ3v) is 4.29. The van der Waals surface area contributed by atoms with Crippen LogP contribution in [0.2, 0.25) is 0 Å². The minimum Gasteiger partial charge on any atom is -0.466 e. The number of carbonyl (C=O) groups is 1. The third-order valence-electron chi connectivity index (χ3n) is 3.05. The van der Waals surface area contributed by atoms with Crippen molar-refractivity contribution < 1.29 is 9.53 Å². The molecule has 0 aromatic rings. The Kier molecular flexibility index (Phi) is 3.16. The summed E-state index contributed by atoms with van der Waals surface area (Å²) in [5, 5.41) is 0. The normalized spacial score (nSPS) is 35.4. The number of thioether (sulfide) groups is 1. The van der Waals surface area contributed by atoms with Crippen molar-refractivity contribution >= 4 is 17.7 Å². The van der Waals surface area contributed by atoms with Crippen LogP contribution in [0.25, 0.3) is 0 Å². The van der Waals surface area contributed by atoms with Crippen molar-refractivity contribution in [3.05, 3.63) is 12.2 Å². The first kappa shape index (κ1) is 10.1. The molecule has 0 radical (unpaired) electrons. The largest absolute Gasteiger partial charge is 0.466 e. The minimum atomic E-state index is 0.00866. The maximum Gasteiger partial charge on any atom is 0.309 e. The second-order valence-electron chi connectivity index (χ2n) is 3.89. The molecule has 14 heavy (non-hydrogen) atoms. The average Bonchev–Trinajstić information content (AvgIpc) is 2.65. The summed E-state index contributed by atoms with van der Waals surface area (Å²) in [4.78, 5) is 11.7. The molecule has 0 bridgehead atoms. The summed E-state index contributed by atoms with van der Waals surface area (Å²) in [6, 6.07) is 0. The topological polar surface area (TPSA) is 26.3 Å². The van der Waals surface area contributed by atoms with Gasteiger partial charge in [-0.1, -0.05) is 12.2 Å². The number of hydrogen-bond acceptors (Lipinski definition) is 3. The molecular formula is C11H16O2S. The summed E-state index contributed by atoms with van der Waals surface area (Å²) in [5.74, 6) is 3.58. The Bertz CT molecular complexity index is 250. The molecule has 1 aliphatic heterocycles. The van der Waals surface area contributed by atoms with E-state index in [4.69, 9.17) is 4.74 Å². The molecule has 78 valence electrons. The van der Waals surface area contributed by atoms with Crippen molar-refractivity contribution in [3.63, 3.8) is 0 Å². The van der Waals surface area contributed by atoms with Gasteiger partial charge in [0.05, 0.1) is 12.5 Å². The van der Waals surface area contributed by atoms with Crippen LogP contribution in [0.1, 0.15) is 13.3 Å². The van der Waals surface area contributed by atoms with Crippen LogP contribution in [-0.2, 0) is 9.53 Å². The van der Waals surface area contributed by atoms with Gasteiger partial charge in [0.25, 0.3) is 0 Å². The van der Waals surface area contributed by atoms with Crippen LogP contribution >= 0.6 is 11.8 Å². The number of fused-ring (bicyclic) bond motifs is 1. The van der Waals surface area contributed by atoms with E-state index in [0.29, 0.717) is 18.4 Å². The van der Waals surface area contributed by atoms with Crippen molar-refractivity contribution in [2.45, 2.75) is 13.3 Å². The zero-order valence-electron chi connectivity index (χ0n) is 8.44. The number of esters is 1. The van der Waals surface area contributed by atoms with Crippen molar-refractivity contribution in [1.82, 2.24) is 0 Å². The molecule has 3 heteroatoms. The van der Waals surface area contributed by atoms with Crippen LogP contribution < -0.4 is 0 Å². The lowest BCUT2D eigenvalue weighted by atomic mass is 9.78. The fraction of sp³-hybridized carbons (Fsp3) is 0.727. The summed E-state index contributed by atoms with van der Waals surface area (Å²) in [5.41, 5.74) is 0. The molecule has 1 aliphatic carbocycles. The molecule has 1 saturated heterocycles. The fourth-order valence-corrected chi connectivity index (χ4v) is 3.81. The van der Waals surface area contributed by atoms with Crippen molar-refractivity contribution in [2.24, 2.45) is 17.8 Å². The maximum absolute atomic E-state index is 11.7. The molecule has 2 aliphatic rings. The summed E-state index contributed by atoms with van der Waals surface area (Å²) < 4.78 is 5.11. The summed E-state index contributed by atoms with van der Waals surface area (Å²) in [7, 11) is 0. The van der Waals surface area contributed by atoms with Gasteiger partial charge in [-0.3, -0.25) is 4.79 Å². The van der Waals surface area contributed by atoms with E-state index in [2.05, 4.69) is 12.2 Å². The zero-order chi connectivity index (χ0) is 9.97. The number of allylic oxidation sites excluding steroid dienone is 2. The molecule has 2 nitrogen and oxygen atoms in total.